The summed E-state index contributed by atoms with van der Waals surface area (Å²) >= 11 is 3.33. The monoisotopic (exact) mass is 303 g/mol. The number of rotatable bonds is 1. The Morgan fingerprint density at radius 1 is 1.50 bits per heavy atom. The number of aromatic nitrogens is 2. The first-order valence-electron chi connectivity index (χ1n) is 5.43. The quantitative estimate of drug-likeness (QED) is 0.857. The Labute approximate surface area is 113 Å². The van der Waals surface area contributed by atoms with E-state index in [0.29, 0.717) is 10.2 Å². The van der Waals surface area contributed by atoms with Crippen LogP contribution in [0.4, 0.5) is 0 Å². The molecule has 1 N–H and O–H groups in total. The highest BCUT2D eigenvalue weighted by atomic mass is 79.9. The molecule has 3 heterocycles. The second kappa shape index (κ2) is 4.03. The smallest absolute Gasteiger partial charge is 0.177 e. The predicted octanol–water partition coefficient (Wildman–Crippen LogP) is 1.63. The van der Waals surface area contributed by atoms with Crippen molar-refractivity contribution >= 4 is 21.6 Å². The van der Waals surface area contributed by atoms with Crippen molar-refractivity contribution in [3.8, 4) is 6.07 Å². The maximum atomic E-state index is 8.94. The summed E-state index contributed by atoms with van der Waals surface area (Å²) in [6, 6.07) is 2.05. The predicted molar refractivity (Wildman–Crippen MR) is 70.8 cm³/mol. The lowest BCUT2D eigenvalue weighted by atomic mass is 10.1. The summed E-state index contributed by atoms with van der Waals surface area (Å²) in [4.78, 5) is 2.09. The number of nitrogens with zero attached hydrogens (tertiary/aromatic N) is 4. The Hall–Kier alpha value is -2.00. The molecule has 6 heteroatoms. The van der Waals surface area contributed by atoms with Gasteiger partial charge >= 0.3 is 0 Å². The lowest BCUT2D eigenvalue weighted by Gasteiger charge is -2.29. The van der Waals surface area contributed by atoms with Crippen LogP contribution in [0, 0.1) is 11.3 Å². The number of allylic oxidation sites excluding steroid dienone is 2. The van der Waals surface area contributed by atoms with Gasteiger partial charge in [-0.25, -0.2) is 4.68 Å². The fraction of sp³-hybridized carbons (Fsp3) is 0.167. The summed E-state index contributed by atoms with van der Waals surface area (Å²) < 4.78 is 2.43. The van der Waals surface area contributed by atoms with Crippen LogP contribution in [0.3, 0.4) is 0 Å². The Bertz CT molecular complexity index is 631. The Kier molecular flexibility index (Phi) is 2.49. The highest BCUT2D eigenvalue weighted by Gasteiger charge is 2.25. The standard InChI is InChI=1S/C12H10BrN5/c1-17-5-3-11(8-2-4-15-12(8)17)18-7-9(13)10(6-14)16-18/h2-5,7,12,15H,1H3. The zero-order valence-corrected chi connectivity index (χ0v) is 11.2. The van der Waals surface area contributed by atoms with Gasteiger partial charge in [-0.2, -0.15) is 10.4 Å². The molecule has 1 atom stereocenters. The van der Waals surface area contributed by atoms with Crippen molar-refractivity contribution in [2.75, 3.05) is 7.05 Å². The molecule has 1 aromatic heterocycles. The highest BCUT2D eigenvalue weighted by Crippen LogP contribution is 2.28. The van der Waals surface area contributed by atoms with E-state index in [9.17, 15) is 0 Å². The van der Waals surface area contributed by atoms with Gasteiger partial charge < -0.3 is 10.2 Å². The third kappa shape index (κ3) is 1.56. The summed E-state index contributed by atoms with van der Waals surface area (Å²) in [6.07, 6.45) is 9.88. The number of likely N-dealkylation sites (N-methyl/N-ethyl adjacent to an activating group) is 1. The third-order valence-corrected chi connectivity index (χ3v) is 3.58. The highest BCUT2D eigenvalue weighted by molar-refractivity contribution is 9.10. The Balaban J connectivity index is 2.11. The van der Waals surface area contributed by atoms with Crippen molar-refractivity contribution in [3.05, 3.63) is 46.5 Å². The number of fused-ring (bicyclic) bond motifs is 1. The van der Waals surface area contributed by atoms with E-state index in [1.54, 1.807) is 10.9 Å². The number of nitrogens with one attached hydrogen (secondary N) is 1. The molecule has 90 valence electrons. The molecule has 0 radical (unpaired) electrons. The van der Waals surface area contributed by atoms with E-state index in [2.05, 4.69) is 37.3 Å². The number of halogens is 1. The summed E-state index contributed by atoms with van der Waals surface area (Å²) in [5, 5.41) is 16.5. The summed E-state index contributed by atoms with van der Waals surface area (Å²) in [5.74, 6) is 0. The van der Waals surface area contributed by atoms with Crippen LogP contribution >= 0.6 is 15.9 Å². The lowest BCUT2D eigenvalue weighted by molar-refractivity contribution is 0.350. The van der Waals surface area contributed by atoms with E-state index in [1.165, 1.54) is 0 Å². The van der Waals surface area contributed by atoms with Crippen molar-refractivity contribution in [2.24, 2.45) is 0 Å². The van der Waals surface area contributed by atoms with Crippen LogP contribution in [-0.4, -0.2) is 27.9 Å². The fourth-order valence-corrected chi connectivity index (χ4v) is 2.47. The van der Waals surface area contributed by atoms with Crippen LogP contribution in [-0.2, 0) is 0 Å². The van der Waals surface area contributed by atoms with Gasteiger partial charge in [-0.15, -0.1) is 0 Å². The molecule has 1 unspecified atom stereocenters. The number of hydrogen-bond acceptors (Lipinski definition) is 4. The molecule has 0 aliphatic carbocycles. The van der Waals surface area contributed by atoms with Gasteiger partial charge in [-0.1, -0.05) is 0 Å². The van der Waals surface area contributed by atoms with E-state index >= 15 is 0 Å². The van der Waals surface area contributed by atoms with Crippen LogP contribution < -0.4 is 5.32 Å². The minimum absolute atomic E-state index is 0.138. The van der Waals surface area contributed by atoms with E-state index < -0.39 is 0 Å². The first-order chi connectivity index (χ1) is 8.70. The molecule has 1 aromatic rings. The topological polar surface area (TPSA) is 56.9 Å². The summed E-state index contributed by atoms with van der Waals surface area (Å²) in [6.45, 7) is 0. The molecule has 2 aliphatic heterocycles. The van der Waals surface area contributed by atoms with Crippen LogP contribution in [0.5, 0.6) is 0 Å². The molecular formula is C12H10BrN5. The molecule has 0 saturated heterocycles. The average Bonchev–Trinajstić information content (AvgIpc) is 2.96. The average molecular weight is 304 g/mol. The number of nitriles is 1. The Morgan fingerprint density at radius 3 is 3.06 bits per heavy atom. The molecule has 0 amide bonds. The molecule has 0 fully saturated rings. The van der Waals surface area contributed by atoms with E-state index in [-0.39, 0.29) is 6.17 Å². The zero-order valence-electron chi connectivity index (χ0n) is 9.63. The first-order valence-corrected chi connectivity index (χ1v) is 6.22. The zero-order chi connectivity index (χ0) is 12.7. The largest absolute Gasteiger partial charge is 0.367 e. The second-order valence-electron chi connectivity index (χ2n) is 4.11. The third-order valence-electron chi connectivity index (χ3n) is 3.00. The maximum absolute atomic E-state index is 8.94. The van der Waals surface area contributed by atoms with Gasteiger partial charge in [0.2, 0.25) is 0 Å². The first kappa shape index (κ1) is 11.1. The molecule has 0 aromatic carbocycles. The van der Waals surface area contributed by atoms with Crippen molar-refractivity contribution in [1.29, 1.82) is 5.26 Å². The normalized spacial score (nSPS) is 20.9. The molecule has 18 heavy (non-hydrogen) atoms. The molecule has 5 nitrogen and oxygen atoms in total. The van der Waals surface area contributed by atoms with Crippen LogP contribution in [0.25, 0.3) is 5.70 Å². The minimum atomic E-state index is 0.138. The summed E-state index contributed by atoms with van der Waals surface area (Å²) in [5.41, 5.74) is 2.50. The maximum Gasteiger partial charge on any atom is 0.177 e. The molecule has 0 spiro atoms. The second-order valence-corrected chi connectivity index (χ2v) is 4.96. The summed E-state index contributed by atoms with van der Waals surface area (Å²) in [7, 11) is 2.01. The van der Waals surface area contributed by atoms with Crippen molar-refractivity contribution in [2.45, 2.75) is 6.17 Å². The molecule has 3 rings (SSSR count). The Morgan fingerprint density at radius 2 is 2.33 bits per heavy atom. The SMILES string of the molecule is CN1C=CC(n2cc(Br)c(C#N)n2)=C2C=CNC21. The van der Waals surface area contributed by atoms with Gasteiger partial charge in [0, 0.05) is 25.0 Å². The van der Waals surface area contributed by atoms with Gasteiger partial charge in [0.05, 0.1) is 10.2 Å². The van der Waals surface area contributed by atoms with E-state index in [1.807, 2.05) is 31.6 Å². The van der Waals surface area contributed by atoms with Crippen LogP contribution in [0.1, 0.15) is 5.69 Å². The molecule has 0 saturated carbocycles. The van der Waals surface area contributed by atoms with Gasteiger partial charge in [0.1, 0.15) is 12.2 Å². The molecule has 2 aliphatic rings. The van der Waals surface area contributed by atoms with Crippen LogP contribution in [0.15, 0.2) is 40.8 Å². The minimum Gasteiger partial charge on any atom is -0.367 e. The van der Waals surface area contributed by atoms with Crippen LogP contribution in [0.2, 0.25) is 0 Å². The van der Waals surface area contributed by atoms with Gasteiger partial charge in [-0.05, 0) is 34.3 Å². The van der Waals surface area contributed by atoms with Gasteiger partial charge in [0.25, 0.3) is 0 Å². The fourth-order valence-electron chi connectivity index (χ4n) is 2.10. The molecule has 0 bridgehead atoms. The van der Waals surface area contributed by atoms with Crippen molar-refractivity contribution in [1.82, 2.24) is 20.0 Å². The van der Waals surface area contributed by atoms with Gasteiger partial charge in [0.15, 0.2) is 5.69 Å². The van der Waals surface area contributed by atoms with Crippen molar-refractivity contribution in [3.63, 3.8) is 0 Å². The van der Waals surface area contributed by atoms with Crippen molar-refractivity contribution < 1.29 is 0 Å². The lowest BCUT2D eigenvalue weighted by Crippen LogP contribution is -2.38. The number of hydrogen-bond donors (Lipinski definition) is 1. The van der Waals surface area contributed by atoms with E-state index in [4.69, 9.17) is 5.26 Å². The molecular weight excluding hydrogens is 294 g/mol. The van der Waals surface area contributed by atoms with E-state index in [0.717, 1.165) is 11.3 Å². The van der Waals surface area contributed by atoms with Gasteiger partial charge in [-0.3, -0.25) is 0 Å².